The fourth-order valence-electron chi connectivity index (χ4n) is 6.00. The van der Waals surface area contributed by atoms with Gasteiger partial charge in [0.2, 0.25) is 15.9 Å². The van der Waals surface area contributed by atoms with Gasteiger partial charge in [-0.2, -0.15) is 0 Å². The van der Waals surface area contributed by atoms with Crippen LogP contribution in [0, 0.1) is 17.8 Å². The summed E-state index contributed by atoms with van der Waals surface area (Å²) in [5.74, 6) is 1.30. The van der Waals surface area contributed by atoms with E-state index in [-0.39, 0.29) is 42.1 Å². The molecule has 2 heterocycles. The molecule has 0 radical (unpaired) electrons. The first-order valence-corrected chi connectivity index (χ1v) is 14.6. The first-order valence-electron chi connectivity index (χ1n) is 12.8. The average Bonchev–Trinajstić information content (AvgIpc) is 3.50. The number of carbonyl (C=O) groups is 2. The van der Waals surface area contributed by atoms with Crippen LogP contribution in [0.5, 0.6) is 0 Å². The summed E-state index contributed by atoms with van der Waals surface area (Å²) in [6, 6.07) is 0.0266. The lowest BCUT2D eigenvalue weighted by atomic mass is 9.73. The molecule has 10 nitrogen and oxygen atoms in total. The third-order valence-corrected chi connectivity index (χ3v) is 8.44. The maximum Gasteiger partial charge on any atom is 0.410 e. The molecular formula is C23H41N5O5S. The second-order valence-electron chi connectivity index (χ2n) is 10.9. The Kier molecular flexibility index (Phi) is 7.76. The van der Waals surface area contributed by atoms with Crippen LogP contribution in [0.3, 0.4) is 0 Å². The molecule has 0 bridgehead atoms. The van der Waals surface area contributed by atoms with Crippen molar-refractivity contribution in [3.8, 4) is 0 Å². The summed E-state index contributed by atoms with van der Waals surface area (Å²) in [7, 11) is -3.19. The van der Waals surface area contributed by atoms with Crippen LogP contribution >= 0.6 is 0 Å². The highest BCUT2D eigenvalue weighted by Crippen LogP contribution is 2.42. The van der Waals surface area contributed by atoms with Crippen molar-refractivity contribution in [2.45, 2.75) is 77.1 Å². The first-order chi connectivity index (χ1) is 16.0. The van der Waals surface area contributed by atoms with Crippen LogP contribution in [0.15, 0.2) is 0 Å². The number of fused-ring (bicyclic) bond motifs is 1. The zero-order valence-electron chi connectivity index (χ0n) is 20.9. The van der Waals surface area contributed by atoms with Crippen LogP contribution in [0.2, 0.25) is 0 Å². The van der Waals surface area contributed by atoms with E-state index in [2.05, 4.69) is 27.0 Å². The molecule has 0 aromatic heterocycles. The van der Waals surface area contributed by atoms with Gasteiger partial charge in [-0.3, -0.25) is 10.2 Å². The van der Waals surface area contributed by atoms with Crippen molar-refractivity contribution in [1.29, 1.82) is 0 Å². The number of amides is 2. The number of hydrogen-bond donors (Lipinski definition) is 2. The minimum atomic E-state index is -3.19. The maximum atomic E-state index is 13.2. The molecule has 0 spiro atoms. The van der Waals surface area contributed by atoms with Crippen LogP contribution in [-0.4, -0.2) is 98.4 Å². The molecule has 4 rings (SSSR count). The molecule has 2 aliphatic carbocycles. The van der Waals surface area contributed by atoms with Gasteiger partial charge in [-0.15, -0.1) is 0 Å². The number of piperazine rings is 1. The fourth-order valence-corrected chi connectivity index (χ4v) is 6.46. The number of hydrazine groups is 1. The van der Waals surface area contributed by atoms with Gasteiger partial charge in [-0.25, -0.2) is 22.9 Å². The Balaban J connectivity index is 1.43. The molecule has 11 heteroatoms. The second-order valence-corrected chi connectivity index (χ2v) is 12.7. The van der Waals surface area contributed by atoms with Crippen molar-refractivity contribution >= 4 is 22.0 Å². The number of sulfonamides is 1. The summed E-state index contributed by atoms with van der Waals surface area (Å²) < 4.78 is 30.8. The van der Waals surface area contributed by atoms with Crippen molar-refractivity contribution in [2.24, 2.45) is 17.8 Å². The highest BCUT2D eigenvalue weighted by atomic mass is 32.2. The summed E-state index contributed by atoms with van der Waals surface area (Å²) in [6.45, 7) is 8.99. The number of hydrogen-bond acceptors (Lipinski definition) is 7. The predicted octanol–water partition coefficient (Wildman–Crippen LogP) is 0.997. The Labute approximate surface area is 203 Å². The Morgan fingerprint density at radius 3 is 2.47 bits per heavy atom. The van der Waals surface area contributed by atoms with Gasteiger partial charge < -0.3 is 14.5 Å². The highest BCUT2D eigenvalue weighted by Gasteiger charge is 2.50. The SMILES string of the molecule is CC(C)OC(=O)N1C[C@H](C)N(C(=O)C2CC2)C2CCC(C3CNN(CCNS(C)(=O)=O)C3)CC21. The smallest absolute Gasteiger partial charge is 0.410 e. The quantitative estimate of drug-likeness (QED) is 0.538. The summed E-state index contributed by atoms with van der Waals surface area (Å²) in [6.07, 6.45) is 5.48. The van der Waals surface area contributed by atoms with Crippen molar-refractivity contribution in [2.75, 3.05) is 39.0 Å². The summed E-state index contributed by atoms with van der Waals surface area (Å²) in [5.41, 5.74) is 3.41. The molecule has 0 aromatic carbocycles. The third kappa shape index (κ3) is 6.03. The summed E-state index contributed by atoms with van der Waals surface area (Å²) in [5, 5.41) is 2.09. The van der Waals surface area contributed by atoms with Crippen molar-refractivity contribution in [1.82, 2.24) is 25.0 Å². The van der Waals surface area contributed by atoms with Gasteiger partial charge in [0.1, 0.15) is 0 Å². The van der Waals surface area contributed by atoms with Crippen molar-refractivity contribution in [3.63, 3.8) is 0 Å². The van der Waals surface area contributed by atoms with E-state index in [1.54, 1.807) is 0 Å². The van der Waals surface area contributed by atoms with Gasteiger partial charge in [0, 0.05) is 44.7 Å². The lowest BCUT2D eigenvalue weighted by molar-refractivity contribution is -0.146. The molecule has 4 aliphatic rings. The minimum absolute atomic E-state index is 0.00315. The largest absolute Gasteiger partial charge is 0.447 e. The fraction of sp³-hybridized carbons (Fsp3) is 0.913. The van der Waals surface area contributed by atoms with Gasteiger partial charge in [-0.05, 0) is 64.7 Å². The molecule has 194 valence electrons. The number of nitrogens with zero attached hydrogens (tertiary/aromatic N) is 3. The monoisotopic (exact) mass is 499 g/mol. The number of nitrogens with one attached hydrogen (secondary N) is 2. The molecule has 4 fully saturated rings. The van der Waals surface area contributed by atoms with Crippen LogP contribution in [-0.2, 0) is 19.6 Å². The lowest BCUT2D eigenvalue weighted by Gasteiger charge is -2.54. The highest BCUT2D eigenvalue weighted by molar-refractivity contribution is 7.88. The number of carbonyl (C=O) groups excluding carboxylic acids is 2. The topological polar surface area (TPSA) is 111 Å². The Hall–Kier alpha value is -1.43. The van der Waals surface area contributed by atoms with E-state index >= 15 is 0 Å². The maximum absolute atomic E-state index is 13.2. The minimum Gasteiger partial charge on any atom is -0.447 e. The molecule has 0 aromatic rings. The first kappa shape index (κ1) is 25.7. The van der Waals surface area contributed by atoms with E-state index in [4.69, 9.17) is 4.74 Å². The molecule has 2 saturated heterocycles. The normalized spacial score (nSPS) is 32.7. The number of rotatable bonds is 7. The molecule has 2 saturated carbocycles. The Morgan fingerprint density at radius 2 is 1.82 bits per heavy atom. The molecule has 34 heavy (non-hydrogen) atoms. The van der Waals surface area contributed by atoms with Gasteiger partial charge in [0.25, 0.3) is 0 Å². The van der Waals surface area contributed by atoms with E-state index in [1.165, 1.54) is 6.26 Å². The Morgan fingerprint density at radius 1 is 1.09 bits per heavy atom. The predicted molar refractivity (Wildman–Crippen MR) is 128 cm³/mol. The summed E-state index contributed by atoms with van der Waals surface area (Å²) in [4.78, 5) is 30.2. The van der Waals surface area contributed by atoms with Crippen LogP contribution in [0.25, 0.3) is 0 Å². The van der Waals surface area contributed by atoms with Crippen LogP contribution < -0.4 is 10.1 Å². The molecule has 2 N–H and O–H groups in total. The molecule has 5 atom stereocenters. The van der Waals surface area contributed by atoms with Crippen molar-refractivity contribution < 1.29 is 22.7 Å². The van der Waals surface area contributed by atoms with Gasteiger partial charge >= 0.3 is 6.09 Å². The number of ether oxygens (including phenoxy) is 1. The third-order valence-electron chi connectivity index (χ3n) is 7.71. The molecule has 2 amide bonds. The average molecular weight is 500 g/mol. The lowest BCUT2D eigenvalue weighted by Crippen LogP contribution is -2.67. The van der Waals surface area contributed by atoms with Gasteiger partial charge in [0.05, 0.1) is 24.4 Å². The molecular weight excluding hydrogens is 458 g/mol. The second kappa shape index (κ2) is 10.3. The summed E-state index contributed by atoms with van der Waals surface area (Å²) >= 11 is 0. The zero-order valence-corrected chi connectivity index (χ0v) is 21.7. The zero-order chi connectivity index (χ0) is 24.6. The molecule has 2 aliphatic heterocycles. The van der Waals surface area contributed by atoms with E-state index in [0.29, 0.717) is 31.5 Å². The Bertz CT molecular complexity index is 864. The van der Waals surface area contributed by atoms with E-state index in [0.717, 1.165) is 45.2 Å². The van der Waals surface area contributed by atoms with Gasteiger partial charge in [0.15, 0.2) is 0 Å². The van der Waals surface area contributed by atoms with Crippen molar-refractivity contribution in [3.05, 3.63) is 0 Å². The van der Waals surface area contributed by atoms with E-state index < -0.39 is 10.0 Å². The van der Waals surface area contributed by atoms with Crippen LogP contribution in [0.1, 0.15) is 52.9 Å². The standard InChI is InChI=1S/C23H41N5O5S/c1-15(2)33-23(30)27-13-16(3)28(22(29)17-5-6-17)20-8-7-18(11-21(20)27)19-12-24-26(14-19)10-9-25-34(4,31)32/h15-21,24-25H,5-14H2,1-4H3/t16-,18?,19?,20?,21?/m0/s1. The van der Waals surface area contributed by atoms with Crippen LogP contribution in [0.4, 0.5) is 4.79 Å². The van der Waals surface area contributed by atoms with Gasteiger partial charge in [-0.1, -0.05) is 0 Å². The van der Waals surface area contributed by atoms with E-state index in [1.807, 2.05) is 18.7 Å². The molecule has 4 unspecified atom stereocenters. The van der Waals surface area contributed by atoms with E-state index in [9.17, 15) is 18.0 Å².